The highest BCUT2D eigenvalue weighted by Gasteiger charge is 2.55. The Bertz CT molecular complexity index is 2370. The van der Waals surface area contributed by atoms with Gasteiger partial charge in [0.15, 0.2) is 0 Å². The summed E-state index contributed by atoms with van der Waals surface area (Å²) in [6.07, 6.45) is 19.3. The molecule has 3 aliphatic carbocycles. The van der Waals surface area contributed by atoms with E-state index in [0.29, 0.717) is 29.6 Å². The topological polar surface area (TPSA) is 17.8 Å². The summed E-state index contributed by atoms with van der Waals surface area (Å²) >= 11 is 1.90. The maximum atomic E-state index is 4.91. The first kappa shape index (κ1) is 26.6. The summed E-state index contributed by atoms with van der Waals surface area (Å²) < 4.78 is 2.36. The van der Waals surface area contributed by atoms with Crippen LogP contribution in [-0.2, 0) is 0 Å². The van der Waals surface area contributed by atoms with Gasteiger partial charge in [-0.25, -0.2) is 4.98 Å². The molecule has 2 nitrogen and oxygen atoms in total. The van der Waals surface area contributed by atoms with E-state index in [-0.39, 0.29) is 5.41 Å². The molecule has 46 heavy (non-hydrogen) atoms. The Morgan fingerprint density at radius 3 is 2.39 bits per heavy atom. The number of imidazole rings is 1. The zero-order chi connectivity index (χ0) is 30.6. The van der Waals surface area contributed by atoms with Gasteiger partial charge in [0.25, 0.3) is 0 Å². The summed E-state index contributed by atoms with van der Waals surface area (Å²) in [7, 11) is 0. The fraction of sp³-hybridized carbons (Fsp3) is 0.186. The van der Waals surface area contributed by atoms with Crippen LogP contribution in [0.2, 0.25) is 0 Å². The molecule has 5 aromatic carbocycles. The van der Waals surface area contributed by atoms with Gasteiger partial charge >= 0.3 is 0 Å². The van der Waals surface area contributed by atoms with Crippen molar-refractivity contribution in [2.75, 3.05) is 0 Å². The van der Waals surface area contributed by atoms with Crippen molar-refractivity contribution in [1.82, 2.24) is 9.55 Å². The van der Waals surface area contributed by atoms with Crippen molar-refractivity contribution in [2.45, 2.75) is 35.5 Å². The van der Waals surface area contributed by atoms with E-state index in [4.69, 9.17) is 4.98 Å². The highest BCUT2D eigenvalue weighted by Crippen LogP contribution is 2.64. The molecule has 4 aliphatic rings. The molecular formula is C43H34N2S. The number of fused-ring (bicyclic) bond motifs is 7. The molecule has 1 fully saturated rings. The molecule has 2 heterocycles. The zero-order valence-corrected chi connectivity index (χ0v) is 26.8. The highest BCUT2D eigenvalue weighted by molar-refractivity contribution is 7.99. The van der Waals surface area contributed by atoms with E-state index in [9.17, 15) is 0 Å². The number of aromatic nitrogens is 2. The lowest BCUT2D eigenvalue weighted by molar-refractivity contribution is 0.0789. The Morgan fingerprint density at radius 1 is 0.717 bits per heavy atom. The van der Waals surface area contributed by atoms with Crippen molar-refractivity contribution in [3.63, 3.8) is 0 Å². The first-order valence-electron chi connectivity index (χ1n) is 16.5. The van der Waals surface area contributed by atoms with E-state index >= 15 is 0 Å². The van der Waals surface area contributed by atoms with Crippen molar-refractivity contribution in [1.29, 1.82) is 0 Å². The Labute approximate surface area is 273 Å². The van der Waals surface area contributed by atoms with Crippen LogP contribution in [0.25, 0.3) is 38.3 Å². The third-order valence-corrected chi connectivity index (χ3v) is 12.6. The van der Waals surface area contributed by atoms with Gasteiger partial charge in [0.2, 0.25) is 0 Å². The molecule has 1 aliphatic heterocycles. The van der Waals surface area contributed by atoms with Gasteiger partial charge in [-0.2, -0.15) is 0 Å². The first-order chi connectivity index (χ1) is 22.6. The third kappa shape index (κ3) is 3.58. The van der Waals surface area contributed by atoms with Crippen LogP contribution in [-0.4, -0.2) is 9.55 Å². The molecule has 0 amide bonds. The fourth-order valence-corrected chi connectivity index (χ4v) is 10.7. The number of hydrogen-bond donors (Lipinski definition) is 0. The van der Waals surface area contributed by atoms with Crippen molar-refractivity contribution in [3.05, 3.63) is 157 Å². The number of rotatable bonds is 2. The smallest absolute Gasteiger partial charge is 0.111 e. The lowest BCUT2D eigenvalue weighted by atomic mass is 9.46. The first-order valence-corrected chi connectivity index (χ1v) is 17.3. The number of allylic oxidation sites excluding steroid dienone is 8. The molecule has 222 valence electrons. The molecule has 6 unspecified atom stereocenters. The Morgan fingerprint density at radius 2 is 1.50 bits per heavy atom. The number of hydrogen-bond acceptors (Lipinski definition) is 2. The second-order valence-corrected chi connectivity index (χ2v) is 14.8. The molecule has 0 radical (unpaired) electrons. The molecule has 6 aromatic rings. The molecule has 1 aromatic heterocycles. The molecule has 6 atom stereocenters. The quantitative estimate of drug-likeness (QED) is 0.181. The number of benzene rings is 5. The van der Waals surface area contributed by atoms with Gasteiger partial charge in [0, 0.05) is 21.1 Å². The summed E-state index contributed by atoms with van der Waals surface area (Å²) in [5.41, 5.74) is 6.42. The van der Waals surface area contributed by atoms with Crippen LogP contribution in [0.5, 0.6) is 0 Å². The number of para-hydroxylation sites is 1. The van der Waals surface area contributed by atoms with Gasteiger partial charge < -0.3 is 0 Å². The molecule has 1 saturated carbocycles. The molecule has 0 bridgehead atoms. The van der Waals surface area contributed by atoms with Gasteiger partial charge in [0.05, 0.1) is 16.7 Å². The lowest BCUT2D eigenvalue weighted by Crippen LogP contribution is -2.49. The third-order valence-electron chi connectivity index (χ3n) is 11.5. The van der Waals surface area contributed by atoms with E-state index in [0.717, 1.165) is 11.3 Å². The van der Waals surface area contributed by atoms with Crippen molar-refractivity contribution in [3.8, 4) is 5.69 Å². The SMILES string of the molecule is Cc1nc2cccc3c2n1-c1ccc(C2C4C=CC=CC4C(c4cc5ccccc5c5ccccc45)C4(C)C=CC=CC24)cc1S3. The van der Waals surface area contributed by atoms with Gasteiger partial charge in [-0.3, -0.25) is 4.57 Å². The fourth-order valence-electron chi connectivity index (χ4n) is 9.60. The maximum absolute atomic E-state index is 4.91. The van der Waals surface area contributed by atoms with Crippen molar-refractivity contribution >= 4 is 44.3 Å². The normalized spacial score (nSPS) is 27.2. The van der Waals surface area contributed by atoms with E-state index in [1.54, 1.807) is 0 Å². The van der Waals surface area contributed by atoms with Gasteiger partial charge in [-0.15, -0.1) is 0 Å². The van der Waals surface area contributed by atoms with Crippen LogP contribution >= 0.6 is 11.8 Å². The van der Waals surface area contributed by atoms with Crippen LogP contribution in [0.3, 0.4) is 0 Å². The minimum Gasteiger partial charge on any atom is -0.294 e. The average molecular weight is 611 g/mol. The van der Waals surface area contributed by atoms with Crippen LogP contribution in [0.4, 0.5) is 0 Å². The van der Waals surface area contributed by atoms with Crippen LogP contribution in [0.15, 0.2) is 149 Å². The Balaban J connectivity index is 1.16. The zero-order valence-electron chi connectivity index (χ0n) is 26.0. The van der Waals surface area contributed by atoms with Gasteiger partial charge in [0.1, 0.15) is 5.82 Å². The largest absolute Gasteiger partial charge is 0.294 e. The summed E-state index contributed by atoms with van der Waals surface area (Å²) in [6.45, 7) is 4.67. The number of aryl methyl sites for hydroxylation is 1. The monoisotopic (exact) mass is 610 g/mol. The summed E-state index contributed by atoms with van der Waals surface area (Å²) in [5, 5.41) is 5.41. The van der Waals surface area contributed by atoms with Gasteiger partial charge in [-0.05, 0) is 87.5 Å². The number of nitrogens with zero attached hydrogens (tertiary/aromatic N) is 2. The predicted octanol–water partition coefficient (Wildman–Crippen LogP) is 11.1. The van der Waals surface area contributed by atoms with Crippen molar-refractivity contribution < 1.29 is 0 Å². The lowest BCUT2D eigenvalue weighted by Gasteiger charge is -2.57. The minimum absolute atomic E-state index is 0.0654. The average Bonchev–Trinajstić information content (AvgIpc) is 3.43. The molecule has 0 N–H and O–H groups in total. The summed E-state index contributed by atoms with van der Waals surface area (Å²) in [6, 6.07) is 34.3. The van der Waals surface area contributed by atoms with Crippen molar-refractivity contribution in [2.24, 2.45) is 23.2 Å². The second-order valence-electron chi connectivity index (χ2n) is 13.7. The standard InChI is InChI=1S/C43H34N2S/c1-26-44-36-19-11-20-38-42(36)45(26)37-22-21-28(25-39(37)46-38)40-32-16-7-8-17-33(32)41(43(2)23-10-9-18-35(40)43)34-24-27-12-3-4-13-29(27)30-14-5-6-15-31(30)34/h3-25,32-33,35,40-41H,1-2H3. The van der Waals surface area contributed by atoms with Crippen LogP contribution < -0.4 is 0 Å². The molecular weight excluding hydrogens is 577 g/mol. The van der Waals surface area contributed by atoms with Gasteiger partial charge in [-0.1, -0.05) is 134 Å². The Hall–Kier alpha value is -4.60. The molecule has 0 saturated heterocycles. The van der Waals surface area contributed by atoms with E-state index in [1.165, 1.54) is 53.7 Å². The summed E-state index contributed by atoms with van der Waals surface area (Å²) in [5.74, 6) is 2.84. The Kier molecular flexibility index (Phi) is 5.61. The second kappa shape index (κ2) is 9.70. The van der Waals surface area contributed by atoms with E-state index in [1.807, 2.05) is 11.8 Å². The highest BCUT2D eigenvalue weighted by atomic mass is 32.2. The minimum atomic E-state index is -0.0654. The maximum Gasteiger partial charge on any atom is 0.111 e. The van der Waals surface area contributed by atoms with Crippen LogP contribution in [0.1, 0.15) is 35.7 Å². The molecule has 10 rings (SSSR count). The summed E-state index contributed by atoms with van der Waals surface area (Å²) in [4.78, 5) is 7.52. The van der Waals surface area contributed by atoms with E-state index in [2.05, 4.69) is 158 Å². The molecule has 0 spiro atoms. The van der Waals surface area contributed by atoms with E-state index < -0.39 is 0 Å². The van der Waals surface area contributed by atoms with Crippen LogP contribution in [0, 0.1) is 30.1 Å². The predicted molar refractivity (Wildman–Crippen MR) is 192 cm³/mol. The molecule has 3 heteroatoms.